The molecule has 1 fully saturated rings. The molecule has 20 heavy (non-hydrogen) atoms. The first kappa shape index (κ1) is 14.4. The third kappa shape index (κ3) is 3.20. The van der Waals surface area contributed by atoms with Gasteiger partial charge in [0.25, 0.3) is 0 Å². The third-order valence-electron chi connectivity index (χ3n) is 4.91. The van der Waals surface area contributed by atoms with E-state index in [-0.39, 0.29) is 0 Å². The van der Waals surface area contributed by atoms with Gasteiger partial charge in [0.2, 0.25) is 0 Å². The molecule has 2 nitrogen and oxygen atoms in total. The number of likely N-dealkylation sites (N-methyl/N-ethyl adjacent to an activating group) is 1. The second kappa shape index (κ2) is 6.95. The molecule has 2 aliphatic carbocycles. The molecule has 1 aromatic rings. The van der Waals surface area contributed by atoms with Crippen molar-refractivity contribution in [1.29, 1.82) is 0 Å². The summed E-state index contributed by atoms with van der Waals surface area (Å²) in [6, 6.07) is 4.93. The van der Waals surface area contributed by atoms with E-state index >= 15 is 0 Å². The molecule has 0 bridgehead atoms. The molecule has 2 unspecified atom stereocenters. The van der Waals surface area contributed by atoms with Crippen LogP contribution in [-0.4, -0.2) is 29.1 Å². The second-order valence-electron chi connectivity index (χ2n) is 6.18. The van der Waals surface area contributed by atoms with E-state index < -0.39 is 0 Å². The highest BCUT2D eigenvalue weighted by Crippen LogP contribution is 2.36. The fourth-order valence-corrected chi connectivity index (χ4v) is 5.28. The summed E-state index contributed by atoms with van der Waals surface area (Å²) >= 11 is 2.19. The van der Waals surface area contributed by atoms with Crippen molar-refractivity contribution in [3.63, 3.8) is 0 Å². The van der Waals surface area contributed by atoms with E-state index in [9.17, 15) is 0 Å². The molecular weight excluding hydrogens is 264 g/mol. The van der Waals surface area contributed by atoms with Crippen LogP contribution in [-0.2, 0) is 6.42 Å². The molecule has 0 radical (unpaired) electrons. The number of aromatic nitrogens is 1. The molecule has 1 saturated carbocycles. The monoisotopic (exact) mass is 290 g/mol. The van der Waals surface area contributed by atoms with Crippen LogP contribution >= 0.6 is 11.8 Å². The highest BCUT2D eigenvalue weighted by molar-refractivity contribution is 7.99. The smallest absolute Gasteiger partial charge is 0.0482 e. The van der Waals surface area contributed by atoms with E-state index in [1.165, 1.54) is 62.0 Å². The van der Waals surface area contributed by atoms with Crippen LogP contribution < -0.4 is 5.32 Å². The molecule has 1 heterocycles. The minimum absolute atomic E-state index is 0.578. The zero-order chi connectivity index (χ0) is 13.8. The van der Waals surface area contributed by atoms with Crippen LogP contribution in [0.3, 0.4) is 0 Å². The lowest BCUT2D eigenvalue weighted by molar-refractivity contribution is 0.432. The molecule has 1 N–H and O–H groups in total. The lowest BCUT2D eigenvalue weighted by Crippen LogP contribution is -2.37. The summed E-state index contributed by atoms with van der Waals surface area (Å²) in [6.45, 7) is 0. The second-order valence-corrected chi connectivity index (χ2v) is 7.51. The van der Waals surface area contributed by atoms with Crippen LogP contribution in [0.15, 0.2) is 18.3 Å². The van der Waals surface area contributed by atoms with Crippen molar-refractivity contribution < 1.29 is 0 Å². The lowest BCUT2D eigenvalue weighted by Gasteiger charge is -2.31. The number of thioether (sulfide) groups is 1. The van der Waals surface area contributed by atoms with Crippen LogP contribution in [0.2, 0.25) is 0 Å². The minimum Gasteiger partial charge on any atom is -0.316 e. The summed E-state index contributed by atoms with van der Waals surface area (Å²) in [7, 11) is 2.12. The fourth-order valence-electron chi connectivity index (χ4n) is 3.73. The van der Waals surface area contributed by atoms with Crippen molar-refractivity contribution >= 4 is 11.8 Å². The number of hydrogen-bond acceptors (Lipinski definition) is 3. The highest BCUT2D eigenvalue weighted by Gasteiger charge is 2.29. The van der Waals surface area contributed by atoms with E-state index in [0.717, 1.165) is 5.25 Å². The molecule has 1 aromatic heterocycles. The number of rotatable bonds is 5. The number of aryl methyl sites for hydroxylation is 1. The van der Waals surface area contributed by atoms with Gasteiger partial charge in [0.15, 0.2) is 0 Å². The van der Waals surface area contributed by atoms with E-state index in [0.29, 0.717) is 12.0 Å². The number of pyridine rings is 1. The Bertz CT molecular complexity index is 429. The van der Waals surface area contributed by atoms with Gasteiger partial charge in [-0.25, -0.2) is 0 Å². The van der Waals surface area contributed by atoms with Crippen LogP contribution in [0.4, 0.5) is 0 Å². The highest BCUT2D eigenvalue weighted by atomic mass is 32.2. The SMILES string of the molecule is CNC(CSC1CCCC1)C1CCCc2cccnc21. The Morgan fingerprint density at radius 1 is 1.30 bits per heavy atom. The summed E-state index contributed by atoms with van der Waals surface area (Å²) in [4.78, 5) is 4.70. The maximum Gasteiger partial charge on any atom is 0.0482 e. The fraction of sp³-hybridized carbons (Fsp3) is 0.706. The van der Waals surface area contributed by atoms with Gasteiger partial charge in [0.1, 0.15) is 0 Å². The average Bonchev–Trinajstić information content (AvgIpc) is 3.01. The molecule has 0 saturated heterocycles. The summed E-state index contributed by atoms with van der Waals surface area (Å²) in [5, 5.41) is 4.49. The Morgan fingerprint density at radius 3 is 2.95 bits per heavy atom. The van der Waals surface area contributed by atoms with Crippen LogP contribution in [0.5, 0.6) is 0 Å². The normalized spacial score (nSPS) is 24.6. The summed E-state index contributed by atoms with van der Waals surface area (Å²) in [6.07, 6.45) is 11.5. The topological polar surface area (TPSA) is 24.9 Å². The largest absolute Gasteiger partial charge is 0.316 e. The molecule has 0 aromatic carbocycles. The van der Waals surface area contributed by atoms with Gasteiger partial charge in [0.05, 0.1) is 0 Å². The molecule has 110 valence electrons. The Kier molecular flexibility index (Phi) is 5.00. The Balaban J connectivity index is 1.66. The standard InChI is InChI=1S/C17H26N2S/c1-18-16(12-20-14-8-2-3-9-14)15-10-4-6-13-7-5-11-19-17(13)15/h5,7,11,14-16,18H,2-4,6,8-10,12H2,1H3. The van der Waals surface area contributed by atoms with Gasteiger partial charge in [-0.3, -0.25) is 4.98 Å². The third-order valence-corrected chi connectivity index (χ3v) is 6.40. The molecule has 0 spiro atoms. The van der Waals surface area contributed by atoms with E-state index in [4.69, 9.17) is 4.98 Å². The summed E-state index contributed by atoms with van der Waals surface area (Å²) in [5.74, 6) is 1.85. The number of fused-ring (bicyclic) bond motifs is 1. The van der Waals surface area contributed by atoms with Crippen molar-refractivity contribution in [1.82, 2.24) is 10.3 Å². The Hall–Kier alpha value is -0.540. The van der Waals surface area contributed by atoms with Gasteiger partial charge >= 0.3 is 0 Å². The maximum absolute atomic E-state index is 4.70. The first-order valence-electron chi connectivity index (χ1n) is 8.11. The van der Waals surface area contributed by atoms with Crippen LogP contribution in [0.1, 0.15) is 55.7 Å². The molecule has 2 aliphatic rings. The molecule has 0 amide bonds. The van der Waals surface area contributed by atoms with Crippen molar-refractivity contribution in [2.75, 3.05) is 12.8 Å². The van der Waals surface area contributed by atoms with Crippen molar-refractivity contribution in [2.24, 2.45) is 0 Å². The molecule has 3 rings (SSSR count). The quantitative estimate of drug-likeness (QED) is 0.893. The van der Waals surface area contributed by atoms with Gasteiger partial charge in [-0.05, 0) is 50.8 Å². The van der Waals surface area contributed by atoms with Gasteiger partial charge in [-0.15, -0.1) is 0 Å². The number of nitrogens with zero attached hydrogens (tertiary/aromatic N) is 1. The first-order valence-corrected chi connectivity index (χ1v) is 9.16. The molecule has 0 aliphatic heterocycles. The molecule has 2 atom stereocenters. The average molecular weight is 290 g/mol. The van der Waals surface area contributed by atoms with Crippen molar-refractivity contribution in [3.05, 3.63) is 29.6 Å². The Labute approximate surface area is 127 Å². The minimum atomic E-state index is 0.578. The molecule has 3 heteroatoms. The predicted octanol–water partition coefficient (Wildman–Crippen LogP) is 3.77. The Morgan fingerprint density at radius 2 is 2.15 bits per heavy atom. The maximum atomic E-state index is 4.70. The van der Waals surface area contributed by atoms with Gasteiger partial charge in [-0.1, -0.05) is 18.9 Å². The summed E-state index contributed by atoms with van der Waals surface area (Å²) in [5.41, 5.74) is 2.85. The zero-order valence-electron chi connectivity index (χ0n) is 12.5. The van der Waals surface area contributed by atoms with Crippen LogP contribution in [0, 0.1) is 0 Å². The van der Waals surface area contributed by atoms with Crippen molar-refractivity contribution in [2.45, 2.75) is 62.2 Å². The van der Waals surface area contributed by atoms with E-state index in [1.54, 1.807) is 0 Å². The van der Waals surface area contributed by atoms with Gasteiger partial charge in [0, 0.05) is 34.9 Å². The predicted molar refractivity (Wildman–Crippen MR) is 87.5 cm³/mol. The zero-order valence-corrected chi connectivity index (χ0v) is 13.3. The van der Waals surface area contributed by atoms with Gasteiger partial charge < -0.3 is 5.32 Å². The lowest BCUT2D eigenvalue weighted by atomic mass is 9.82. The number of hydrogen-bond donors (Lipinski definition) is 1. The van der Waals surface area contributed by atoms with Gasteiger partial charge in [-0.2, -0.15) is 11.8 Å². The number of nitrogens with one attached hydrogen (secondary N) is 1. The van der Waals surface area contributed by atoms with E-state index in [2.05, 4.69) is 36.3 Å². The van der Waals surface area contributed by atoms with Crippen LogP contribution in [0.25, 0.3) is 0 Å². The summed E-state index contributed by atoms with van der Waals surface area (Å²) < 4.78 is 0. The van der Waals surface area contributed by atoms with Crippen molar-refractivity contribution in [3.8, 4) is 0 Å². The molecular formula is C17H26N2S. The first-order chi connectivity index (χ1) is 9.88. The van der Waals surface area contributed by atoms with E-state index in [1.807, 2.05) is 6.20 Å².